The lowest BCUT2D eigenvalue weighted by Gasteiger charge is -2.23. The van der Waals surface area contributed by atoms with Gasteiger partial charge in [-0.25, -0.2) is 5.48 Å². The van der Waals surface area contributed by atoms with Gasteiger partial charge in [-0.15, -0.1) is 0 Å². The molecule has 4 rings (SSSR count). The topological polar surface area (TPSA) is 85.4 Å². The minimum absolute atomic E-state index is 0.109. The van der Waals surface area contributed by atoms with Crippen molar-refractivity contribution in [1.29, 1.82) is 0 Å². The van der Waals surface area contributed by atoms with Crippen LogP contribution in [0, 0.1) is 0 Å². The molecule has 148 valence electrons. The molecule has 1 saturated heterocycles. The summed E-state index contributed by atoms with van der Waals surface area (Å²) in [6, 6.07) is 15.6. The van der Waals surface area contributed by atoms with E-state index < -0.39 is 5.91 Å². The maximum atomic E-state index is 13.2. The van der Waals surface area contributed by atoms with Crippen LogP contribution in [0.5, 0.6) is 0 Å². The Labute approximate surface area is 168 Å². The van der Waals surface area contributed by atoms with E-state index in [4.69, 9.17) is 5.21 Å². The summed E-state index contributed by atoms with van der Waals surface area (Å²) in [5.41, 5.74) is 5.30. The molecular weight excluding hydrogens is 366 g/mol. The second-order valence-electron chi connectivity index (χ2n) is 7.29. The molecule has 1 fully saturated rings. The molecule has 0 bridgehead atoms. The van der Waals surface area contributed by atoms with Crippen molar-refractivity contribution in [2.24, 2.45) is 0 Å². The van der Waals surface area contributed by atoms with Crippen molar-refractivity contribution in [3.63, 3.8) is 0 Å². The first-order valence-electron chi connectivity index (χ1n) is 9.71. The number of likely N-dealkylation sites (tertiary alicyclic amines) is 1. The highest BCUT2D eigenvalue weighted by Crippen LogP contribution is 2.27. The molecule has 2 aromatic carbocycles. The first-order valence-corrected chi connectivity index (χ1v) is 9.71. The molecule has 1 aliphatic heterocycles. The number of carbonyl (C=O) groups is 2. The largest absolute Gasteiger partial charge is 0.360 e. The zero-order valence-electron chi connectivity index (χ0n) is 16.0. The van der Waals surface area contributed by atoms with Crippen LogP contribution in [-0.2, 0) is 11.3 Å². The Kier molecular flexibility index (Phi) is 5.55. The second kappa shape index (κ2) is 8.43. The molecule has 1 atom stereocenters. The second-order valence-corrected chi connectivity index (χ2v) is 7.29. The van der Waals surface area contributed by atoms with Gasteiger partial charge in [-0.1, -0.05) is 42.5 Å². The van der Waals surface area contributed by atoms with Gasteiger partial charge in [0.05, 0.1) is 6.04 Å². The van der Waals surface area contributed by atoms with Crippen molar-refractivity contribution >= 4 is 28.7 Å². The Morgan fingerprint density at radius 2 is 1.97 bits per heavy atom. The number of hydroxylamine groups is 1. The monoisotopic (exact) mass is 389 g/mol. The van der Waals surface area contributed by atoms with Gasteiger partial charge in [0.1, 0.15) is 0 Å². The fourth-order valence-electron chi connectivity index (χ4n) is 3.95. The fraction of sp³-hybridized carbons (Fsp3) is 0.217. The number of hydrogen-bond acceptors (Lipinski definition) is 4. The first kappa shape index (κ1) is 19.1. The van der Waals surface area contributed by atoms with Gasteiger partial charge in [-0.3, -0.25) is 19.7 Å². The Morgan fingerprint density at radius 3 is 2.76 bits per heavy atom. The van der Waals surface area contributed by atoms with Crippen molar-refractivity contribution in [3.8, 4) is 0 Å². The Bertz CT molecular complexity index is 1050. The SMILES string of the molecule is O=C(/C=C/c1ccc(CN2CCC[C@@H]2C(=O)c2c[nH]c3ccccc23)cc1)NO. The highest BCUT2D eigenvalue weighted by Gasteiger charge is 2.32. The molecule has 1 amide bonds. The quantitative estimate of drug-likeness (QED) is 0.261. The van der Waals surface area contributed by atoms with Crippen LogP contribution in [0.2, 0.25) is 0 Å². The summed E-state index contributed by atoms with van der Waals surface area (Å²) in [6.45, 7) is 1.61. The number of rotatable bonds is 6. The van der Waals surface area contributed by atoms with Crippen LogP contribution in [0.3, 0.4) is 0 Å². The lowest BCUT2D eigenvalue weighted by Crippen LogP contribution is -2.35. The summed E-state index contributed by atoms with van der Waals surface area (Å²) in [5, 5.41) is 9.51. The van der Waals surface area contributed by atoms with Crippen molar-refractivity contribution in [1.82, 2.24) is 15.4 Å². The molecule has 0 spiro atoms. The summed E-state index contributed by atoms with van der Waals surface area (Å²) < 4.78 is 0. The van der Waals surface area contributed by atoms with Gasteiger partial charge < -0.3 is 4.98 Å². The van der Waals surface area contributed by atoms with Crippen LogP contribution >= 0.6 is 0 Å². The van der Waals surface area contributed by atoms with E-state index in [0.717, 1.165) is 47.0 Å². The minimum atomic E-state index is -0.565. The Hall–Kier alpha value is -3.22. The molecule has 0 saturated carbocycles. The molecule has 0 unspecified atom stereocenters. The molecule has 6 nitrogen and oxygen atoms in total. The number of amides is 1. The Balaban J connectivity index is 1.47. The molecular formula is C23H23N3O3. The highest BCUT2D eigenvalue weighted by molar-refractivity contribution is 6.10. The van der Waals surface area contributed by atoms with E-state index in [1.54, 1.807) is 11.6 Å². The van der Waals surface area contributed by atoms with E-state index in [2.05, 4.69) is 9.88 Å². The smallest absolute Gasteiger partial charge is 0.267 e. The predicted molar refractivity (Wildman–Crippen MR) is 111 cm³/mol. The maximum Gasteiger partial charge on any atom is 0.267 e. The van der Waals surface area contributed by atoms with Crippen LogP contribution in [0.15, 0.2) is 60.8 Å². The lowest BCUT2D eigenvalue weighted by atomic mass is 10.0. The van der Waals surface area contributed by atoms with Crippen molar-refractivity contribution in [3.05, 3.63) is 77.5 Å². The minimum Gasteiger partial charge on any atom is -0.360 e. The number of aromatic amines is 1. The standard InChI is InChI=1S/C23H23N3O3/c27-22(25-29)12-11-16-7-9-17(10-8-16)15-26-13-3-6-21(26)23(28)19-14-24-20-5-2-1-4-18(19)20/h1-2,4-5,7-12,14,21,24,29H,3,6,13,15H2,(H,25,27)/b12-11+/t21-/m1/s1. The fourth-order valence-corrected chi connectivity index (χ4v) is 3.95. The van der Waals surface area contributed by atoms with Gasteiger partial charge in [0.2, 0.25) is 0 Å². The van der Waals surface area contributed by atoms with Crippen molar-refractivity contribution in [2.45, 2.75) is 25.4 Å². The number of Topliss-reactive ketones (excluding diaryl/α,β-unsaturated/α-hetero) is 1. The third-order valence-corrected chi connectivity index (χ3v) is 5.42. The highest BCUT2D eigenvalue weighted by atomic mass is 16.5. The number of ketones is 1. The van der Waals surface area contributed by atoms with Gasteiger partial charge in [-0.05, 0) is 42.7 Å². The van der Waals surface area contributed by atoms with E-state index >= 15 is 0 Å². The number of nitrogens with one attached hydrogen (secondary N) is 2. The number of fused-ring (bicyclic) bond motifs is 1. The van der Waals surface area contributed by atoms with E-state index in [1.807, 2.05) is 54.7 Å². The first-order chi connectivity index (χ1) is 14.2. The third-order valence-electron chi connectivity index (χ3n) is 5.42. The van der Waals surface area contributed by atoms with Crippen LogP contribution in [0.1, 0.15) is 34.3 Å². The van der Waals surface area contributed by atoms with Crippen LogP contribution in [-0.4, -0.2) is 39.4 Å². The molecule has 0 radical (unpaired) electrons. The zero-order valence-corrected chi connectivity index (χ0v) is 16.0. The maximum absolute atomic E-state index is 13.2. The van der Waals surface area contributed by atoms with Crippen LogP contribution < -0.4 is 5.48 Å². The normalized spacial score (nSPS) is 17.2. The van der Waals surface area contributed by atoms with Crippen molar-refractivity contribution < 1.29 is 14.8 Å². The van der Waals surface area contributed by atoms with Crippen LogP contribution in [0.4, 0.5) is 0 Å². The van der Waals surface area contributed by atoms with Gasteiger partial charge in [0.15, 0.2) is 5.78 Å². The average Bonchev–Trinajstić information content (AvgIpc) is 3.39. The average molecular weight is 389 g/mol. The molecule has 3 aromatic rings. The molecule has 0 aliphatic carbocycles. The molecule has 2 heterocycles. The number of carbonyl (C=O) groups excluding carboxylic acids is 2. The number of nitrogens with zero attached hydrogens (tertiary/aromatic N) is 1. The predicted octanol–water partition coefficient (Wildman–Crippen LogP) is 3.53. The number of para-hydroxylation sites is 1. The summed E-state index contributed by atoms with van der Waals surface area (Å²) >= 11 is 0. The molecule has 1 aromatic heterocycles. The van der Waals surface area contributed by atoms with Crippen molar-refractivity contribution in [2.75, 3.05) is 6.54 Å². The molecule has 1 aliphatic rings. The summed E-state index contributed by atoms with van der Waals surface area (Å²) in [4.78, 5) is 29.7. The molecule has 29 heavy (non-hydrogen) atoms. The number of hydrogen-bond donors (Lipinski definition) is 3. The van der Waals surface area contributed by atoms with Crippen LogP contribution in [0.25, 0.3) is 17.0 Å². The molecule has 6 heteroatoms. The van der Waals surface area contributed by atoms with E-state index in [-0.39, 0.29) is 11.8 Å². The van der Waals surface area contributed by atoms with Gasteiger partial charge in [-0.2, -0.15) is 0 Å². The number of benzene rings is 2. The van der Waals surface area contributed by atoms with E-state index in [1.165, 1.54) is 6.08 Å². The van der Waals surface area contributed by atoms with Gasteiger partial charge in [0, 0.05) is 35.3 Å². The number of aromatic nitrogens is 1. The summed E-state index contributed by atoms with van der Waals surface area (Å²) in [5.74, 6) is -0.390. The third kappa shape index (κ3) is 4.13. The Morgan fingerprint density at radius 1 is 1.17 bits per heavy atom. The molecule has 3 N–H and O–H groups in total. The van der Waals surface area contributed by atoms with E-state index in [9.17, 15) is 9.59 Å². The zero-order chi connectivity index (χ0) is 20.2. The van der Waals surface area contributed by atoms with E-state index in [0.29, 0.717) is 6.54 Å². The van der Waals surface area contributed by atoms with Gasteiger partial charge in [0.25, 0.3) is 5.91 Å². The number of H-pyrrole nitrogens is 1. The summed E-state index contributed by atoms with van der Waals surface area (Å²) in [7, 11) is 0. The lowest BCUT2D eigenvalue weighted by molar-refractivity contribution is -0.124. The van der Waals surface area contributed by atoms with Gasteiger partial charge >= 0.3 is 0 Å². The summed E-state index contributed by atoms with van der Waals surface area (Å²) in [6.07, 6.45) is 6.61.